The third-order valence-electron chi connectivity index (χ3n) is 2.36. The van der Waals surface area contributed by atoms with Crippen LogP contribution in [0.2, 0.25) is 0 Å². The molecule has 0 saturated carbocycles. The fourth-order valence-electron chi connectivity index (χ4n) is 1.47. The Bertz CT molecular complexity index is 310. The Morgan fingerprint density at radius 1 is 1.29 bits per heavy atom. The first kappa shape index (κ1) is 11.1. The van der Waals surface area contributed by atoms with E-state index in [1.165, 1.54) is 0 Å². The number of benzene rings is 1. The molecule has 1 nitrogen and oxygen atoms in total. The Balaban J connectivity index is 3.08. The summed E-state index contributed by atoms with van der Waals surface area (Å²) in [6, 6.07) is 3.32. The first-order valence-electron chi connectivity index (χ1n) is 4.62. The van der Waals surface area contributed by atoms with Gasteiger partial charge in [0, 0.05) is 5.92 Å². The second-order valence-electron chi connectivity index (χ2n) is 3.70. The second kappa shape index (κ2) is 4.51. The summed E-state index contributed by atoms with van der Waals surface area (Å²) in [4.78, 5) is 0. The van der Waals surface area contributed by atoms with Crippen LogP contribution < -0.4 is 0 Å². The molecule has 1 unspecified atom stereocenters. The van der Waals surface area contributed by atoms with Gasteiger partial charge in [-0.25, -0.2) is 8.78 Å². The number of aliphatic hydroxyl groups excluding tert-OH is 1. The van der Waals surface area contributed by atoms with E-state index >= 15 is 0 Å². The molecule has 1 rings (SSSR count). The van der Waals surface area contributed by atoms with E-state index in [-0.39, 0.29) is 24.0 Å². The fraction of sp³-hybridized carbons (Fsp3) is 0.455. The van der Waals surface area contributed by atoms with Gasteiger partial charge in [-0.05, 0) is 29.7 Å². The maximum atomic E-state index is 13.3. The van der Waals surface area contributed by atoms with E-state index in [1.54, 1.807) is 0 Å². The molecule has 3 heteroatoms. The van der Waals surface area contributed by atoms with Gasteiger partial charge in [-0.2, -0.15) is 0 Å². The van der Waals surface area contributed by atoms with Gasteiger partial charge in [0.25, 0.3) is 0 Å². The lowest BCUT2D eigenvalue weighted by atomic mass is 9.89. The maximum absolute atomic E-state index is 13.3. The van der Waals surface area contributed by atoms with Gasteiger partial charge >= 0.3 is 0 Å². The molecule has 0 radical (unpaired) electrons. The van der Waals surface area contributed by atoms with Crippen LogP contribution in [0.25, 0.3) is 0 Å². The predicted octanol–water partition coefficient (Wildman–Crippen LogP) is 2.70. The number of rotatable bonds is 3. The minimum Gasteiger partial charge on any atom is -0.396 e. The standard InChI is InChI=1S/C11H14F2O/c1-7(2)10(6-14)9-5-8(12)3-4-11(9)13/h3-5,7,10,14H,6H2,1-2H3. The highest BCUT2D eigenvalue weighted by atomic mass is 19.1. The maximum Gasteiger partial charge on any atom is 0.126 e. The van der Waals surface area contributed by atoms with Crippen LogP contribution in [0.4, 0.5) is 8.78 Å². The summed E-state index contributed by atoms with van der Waals surface area (Å²) in [6.45, 7) is 3.56. The SMILES string of the molecule is CC(C)C(CO)c1cc(F)ccc1F. The first-order valence-corrected chi connectivity index (χ1v) is 4.62. The molecule has 0 bridgehead atoms. The van der Waals surface area contributed by atoms with Crippen molar-refractivity contribution >= 4 is 0 Å². The molecule has 0 saturated heterocycles. The molecule has 0 aromatic heterocycles. The Labute approximate surface area is 82.4 Å². The highest BCUT2D eigenvalue weighted by Gasteiger charge is 2.18. The topological polar surface area (TPSA) is 20.2 Å². The van der Waals surface area contributed by atoms with Gasteiger partial charge in [0.1, 0.15) is 11.6 Å². The van der Waals surface area contributed by atoms with E-state index in [9.17, 15) is 8.78 Å². The number of halogens is 2. The average molecular weight is 200 g/mol. The molecule has 1 N–H and O–H groups in total. The first-order chi connectivity index (χ1) is 6.56. The van der Waals surface area contributed by atoms with E-state index in [4.69, 9.17) is 5.11 Å². The van der Waals surface area contributed by atoms with Crippen molar-refractivity contribution in [3.05, 3.63) is 35.4 Å². The summed E-state index contributed by atoms with van der Waals surface area (Å²) in [5.74, 6) is -1.19. The summed E-state index contributed by atoms with van der Waals surface area (Å²) >= 11 is 0. The Morgan fingerprint density at radius 2 is 1.93 bits per heavy atom. The number of hydrogen-bond donors (Lipinski definition) is 1. The Hall–Kier alpha value is -0.960. The van der Waals surface area contributed by atoms with Crippen molar-refractivity contribution in [3.8, 4) is 0 Å². The predicted molar refractivity (Wildman–Crippen MR) is 51.0 cm³/mol. The third kappa shape index (κ3) is 2.29. The van der Waals surface area contributed by atoms with Gasteiger partial charge in [0.05, 0.1) is 6.61 Å². The molecule has 14 heavy (non-hydrogen) atoms. The van der Waals surface area contributed by atoms with Gasteiger partial charge in [0.2, 0.25) is 0 Å². The van der Waals surface area contributed by atoms with E-state index < -0.39 is 11.6 Å². The van der Waals surface area contributed by atoms with Gasteiger partial charge in [-0.3, -0.25) is 0 Å². The van der Waals surface area contributed by atoms with E-state index in [0.29, 0.717) is 0 Å². The third-order valence-corrected chi connectivity index (χ3v) is 2.36. The minimum absolute atomic E-state index is 0.0799. The molecule has 1 aromatic carbocycles. The molecule has 0 aliphatic rings. The summed E-state index contributed by atoms with van der Waals surface area (Å²) in [5.41, 5.74) is 0.252. The zero-order valence-corrected chi connectivity index (χ0v) is 8.30. The summed E-state index contributed by atoms with van der Waals surface area (Å²) in [7, 11) is 0. The normalized spacial score (nSPS) is 13.3. The monoisotopic (exact) mass is 200 g/mol. The largest absolute Gasteiger partial charge is 0.396 e. The van der Waals surface area contributed by atoms with Gasteiger partial charge in [-0.1, -0.05) is 13.8 Å². The van der Waals surface area contributed by atoms with Crippen molar-refractivity contribution < 1.29 is 13.9 Å². The molecule has 0 aliphatic carbocycles. The molecule has 0 heterocycles. The van der Waals surface area contributed by atoms with E-state index in [1.807, 2.05) is 13.8 Å². The van der Waals surface area contributed by atoms with E-state index in [2.05, 4.69) is 0 Å². The molecule has 0 fully saturated rings. The summed E-state index contributed by atoms with van der Waals surface area (Å²) in [6.07, 6.45) is 0. The molecule has 78 valence electrons. The van der Waals surface area contributed by atoms with Crippen molar-refractivity contribution in [1.29, 1.82) is 0 Å². The molecular formula is C11H14F2O. The van der Waals surface area contributed by atoms with Crippen molar-refractivity contribution in [2.45, 2.75) is 19.8 Å². The molecule has 1 atom stereocenters. The highest BCUT2D eigenvalue weighted by molar-refractivity contribution is 5.23. The quantitative estimate of drug-likeness (QED) is 0.795. The second-order valence-corrected chi connectivity index (χ2v) is 3.70. The van der Waals surface area contributed by atoms with Crippen LogP contribution >= 0.6 is 0 Å². The minimum atomic E-state index is -0.472. The van der Waals surface area contributed by atoms with Crippen molar-refractivity contribution in [2.24, 2.45) is 5.92 Å². The van der Waals surface area contributed by atoms with Crippen LogP contribution in [0.3, 0.4) is 0 Å². The molecular weight excluding hydrogens is 186 g/mol. The van der Waals surface area contributed by atoms with Crippen molar-refractivity contribution in [1.82, 2.24) is 0 Å². The fourth-order valence-corrected chi connectivity index (χ4v) is 1.47. The zero-order chi connectivity index (χ0) is 10.7. The average Bonchev–Trinajstić information content (AvgIpc) is 2.11. The lowest BCUT2D eigenvalue weighted by Crippen LogP contribution is -2.13. The van der Waals surface area contributed by atoms with Crippen LogP contribution in [0.5, 0.6) is 0 Å². The van der Waals surface area contributed by atoms with Gasteiger partial charge < -0.3 is 5.11 Å². The number of aliphatic hydroxyl groups is 1. The molecule has 1 aromatic rings. The van der Waals surface area contributed by atoms with Crippen LogP contribution in [-0.4, -0.2) is 11.7 Å². The molecule has 0 amide bonds. The summed E-state index contributed by atoms with van der Waals surface area (Å²) < 4.78 is 26.1. The van der Waals surface area contributed by atoms with Crippen LogP contribution in [0.15, 0.2) is 18.2 Å². The zero-order valence-electron chi connectivity index (χ0n) is 8.30. The Morgan fingerprint density at radius 3 is 2.43 bits per heavy atom. The lowest BCUT2D eigenvalue weighted by molar-refractivity contribution is 0.234. The van der Waals surface area contributed by atoms with Crippen LogP contribution in [0.1, 0.15) is 25.3 Å². The van der Waals surface area contributed by atoms with Gasteiger partial charge in [0.15, 0.2) is 0 Å². The molecule has 0 aliphatic heterocycles. The summed E-state index contributed by atoms with van der Waals surface area (Å²) in [5, 5.41) is 9.08. The van der Waals surface area contributed by atoms with Crippen LogP contribution in [0, 0.1) is 17.6 Å². The molecule has 0 spiro atoms. The van der Waals surface area contributed by atoms with Crippen molar-refractivity contribution in [3.63, 3.8) is 0 Å². The van der Waals surface area contributed by atoms with Gasteiger partial charge in [-0.15, -0.1) is 0 Å². The number of hydrogen-bond acceptors (Lipinski definition) is 1. The smallest absolute Gasteiger partial charge is 0.126 e. The lowest BCUT2D eigenvalue weighted by Gasteiger charge is -2.19. The Kier molecular flexibility index (Phi) is 3.58. The van der Waals surface area contributed by atoms with Crippen LogP contribution in [-0.2, 0) is 0 Å². The van der Waals surface area contributed by atoms with Crippen molar-refractivity contribution in [2.75, 3.05) is 6.61 Å². The highest BCUT2D eigenvalue weighted by Crippen LogP contribution is 2.26. The van der Waals surface area contributed by atoms with E-state index in [0.717, 1.165) is 18.2 Å².